The number of carbonyl (C=O) groups is 1. The van der Waals surface area contributed by atoms with Gasteiger partial charge < -0.3 is 15.3 Å². The third kappa shape index (κ3) is 2.27. The Hall–Kier alpha value is -1.55. The van der Waals surface area contributed by atoms with Crippen LogP contribution in [-0.4, -0.2) is 36.8 Å². The van der Waals surface area contributed by atoms with Crippen LogP contribution in [0.4, 0.5) is 5.69 Å². The Kier molecular flexibility index (Phi) is 2.87. The van der Waals surface area contributed by atoms with E-state index in [0.717, 1.165) is 12.2 Å². The van der Waals surface area contributed by atoms with E-state index in [4.69, 9.17) is 5.11 Å². The monoisotopic (exact) mass is 206 g/mol. The molecule has 0 unspecified atom stereocenters. The van der Waals surface area contributed by atoms with E-state index in [2.05, 4.69) is 10.2 Å². The molecule has 1 saturated heterocycles. The number of hydrogen-bond acceptors (Lipinski definition) is 3. The van der Waals surface area contributed by atoms with Crippen LogP contribution in [0.2, 0.25) is 0 Å². The fourth-order valence-corrected chi connectivity index (χ4v) is 1.79. The largest absolute Gasteiger partial charge is 0.480 e. The highest BCUT2D eigenvalue weighted by atomic mass is 16.4. The van der Waals surface area contributed by atoms with Gasteiger partial charge >= 0.3 is 5.97 Å². The molecule has 4 nitrogen and oxygen atoms in total. The summed E-state index contributed by atoms with van der Waals surface area (Å²) in [6.45, 7) is 2.10. The number of nitrogens with zero attached hydrogens (tertiary/aromatic N) is 1. The molecule has 0 aromatic heterocycles. The van der Waals surface area contributed by atoms with Crippen LogP contribution in [0.15, 0.2) is 30.3 Å². The Morgan fingerprint density at radius 3 is 2.80 bits per heavy atom. The number of hydrogen-bond donors (Lipinski definition) is 2. The summed E-state index contributed by atoms with van der Waals surface area (Å²) in [4.78, 5) is 12.9. The maximum atomic E-state index is 10.8. The average Bonchev–Trinajstić information content (AvgIpc) is 2.30. The molecule has 4 heteroatoms. The highest BCUT2D eigenvalue weighted by Gasteiger charge is 2.24. The number of carboxylic acids is 1. The molecule has 1 aliphatic rings. The van der Waals surface area contributed by atoms with Crippen LogP contribution >= 0.6 is 0 Å². The number of benzene rings is 1. The molecule has 2 N–H and O–H groups in total. The second-order valence-corrected chi connectivity index (χ2v) is 3.63. The van der Waals surface area contributed by atoms with Crippen molar-refractivity contribution in [1.29, 1.82) is 0 Å². The maximum absolute atomic E-state index is 10.8. The number of aliphatic carboxylic acids is 1. The minimum absolute atomic E-state index is 0.459. The van der Waals surface area contributed by atoms with Gasteiger partial charge in [-0.25, -0.2) is 0 Å². The van der Waals surface area contributed by atoms with Gasteiger partial charge in [0.1, 0.15) is 6.04 Å². The number of para-hydroxylation sites is 1. The second kappa shape index (κ2) is 4.31. The van der Waals surface area contributed by atoms with Crippen molar-refractivity contribution in [2.24, 2.45) is 0 Å². The van der Waals surface area contributed by atoms with Gasteiger partial charge in [-0.2, -0.15) is 0 Å². The van der Waals surface area contributed by atoms with Crippen molar-refractivity contribution in [1.82, 2.24) is 5.32 Å². The zero-order chi connectivity index (χ0) is 10.7. The third-order valence-corrected chi connectivity index (χ3v) is 2.59. The predicted octanol–water partition coefficient (Wildman–Crippen LogP) is 0.549. The molecule has 1 atom stereocenters. The number of nitrogens with one attached hydrogen (secondary N) is 1. The first-order valence-corrected chi connectivity index (χ1v) is 5.03. The van der Waals surface area contributed by atoms with Gasteiger partial charge in [0.2, 0.25) is 0 Å². The third-order valence-electron chi connectivity index (χ3n) is 2.59. The molecule has 1 heterocycles. The topological polar surface area (TPSA) is 52.6 Å². The van der Waals surface area contributed by atoms with Crippen molar-refractivity contribution in [3.8, 4) is 0 Å². The van der Waals surface area contributed by atoms with Crippen LogP contribution in [0.1, 0.15) is 0 Å². The number of piperazine rings is 1. The van der Waals surface area contributed by atoms with Crippen molar-refractivity contribution in [2.45, 2.75) is 6.04 Å². The van der Waals surface area contributed by atoms with E-state index in [1.165, 1.54) is 0 Å². The van der Waals surface area contributed by atoms with E-state index < -0.39 is 12.0 Å². The molecule has 2 rings (SSSR count). The van der Waals surface area contributed by atoms with Gasteiger partial charge in [-0.1, -0.05) is 18.2 Å². The SMILES string of the molecule is O=C(O)[C@H]1CN(c2ccccc2)CCN1. The van der Waals surface area contributed by atoms with Crippen LogP contribution < -0.4 is 10.2 Å². The summed E-state index contributed by atoms with van der Waals surface area (Å²) in [6.07, 6.45) is 0. The molecular weight excluding hydrogens is 192 g/mol. The quantitative estimate of drug-likeness (QED) is 0.742. The van der Waals surface area contributed by atoms with Gasteiger partial charge in [0.25, 0.3) is 0 Å². The molecule has 0 amide bonds. The van der Waals surface area contributed by atoms with E-state index >= 15 is 0 Å². The molecule has 0 radical (unpaired) electrons. The first-order valence-electron chi connectivity index (χ1n) is 5.03. The molecule has 0 bridgehead atoms. The Morgan fingerprint density at radius 2 is 2.13 bits per heavy atom. The Bertz CT molecular complexity index is 340. The Labute approximate surface area is 88.5 Å². The molecule has 0 saturated carbocycles. The fraction of sp³-hybridized carbons (Fsp3) is 0.364. The van der Waals surface area contributed by atoms with Gasteiger partial charge in [0.05, 0.1) is 0 Å². The van der Waals surface area contributed by atoms with E-state index in [1.54, 1.807) is 0 Å². The van der Waals surface area contributed by atoms with Crippen LogP contribution in [0.25, 0.3) is 0 Å². The number of anilines is 1. The lowest BCUT2D eigenvalue weighted by Crippen LogP contribution is -2.54. The molecule has 1 fully saturated rings. The van der Waals surface area contributed by atoms with Gasteiger partial charge in [-0.15, -0.1) is 0 Å². The molecule has 1 aromatic rings. The molecule has 15 heavy (non-hydrogen) atoms. The van der Waals surface area contributed by atoms with Gasteiger partial charge in [-0.3, -0.25) is 4.79 Å². The molecule has 0 aliphatic carbocycles. The zero-order valence-corrected chi connectivity index (χ0v) is 8.39. The highest BCUT2D eigenvalue weighted by molar-refractivity contribution is 5.74. The van der Waals surface area contributed by atoms with Crippen LogP contribution in [0.5, 0.6) is 0 Å². The summed E-state index contributed by atoms with van der Waals surface area (Å²) in [7, 11) is 0. The maximum Gasteiger partial charge on any atom is 0.322 e. The first-order chi connectivity index (χ1) is 7.27. The Morgan fingerprint density at radius 1 is 1.40 bits per heavy atom. The average molecular weight is 206 g/mol. The van der Waals surface area contributed by atoms with E-state index in [0.29, 0.717) is 13.1 Å². The summed E-state index contributed by atoms with van der Waals surface area (Å²) in [5.74, 6) is -0.782. The van der Waals surface area contributed by atoms with Gasteiger partial charge in [-0.05, 0) is 12.1 Å². The lowest BCUT2D eigenvalue weighted by atomic mass is 10.2. The van der Waals surface area contributed by atoms with E-state index in [9.17, 15) is 4.79 Å². The Balaban J connectivity index is 2.08. The second-order valence-electron chi connectivity index (χ2n) is 3.63. The fourth-order valence-electron chi connectivity index (χ4n) is 1.79. The lowest BCUT2D eigenvalue weighted by molar-refractivity contribution is -0.139. The normalized spacial score (nSPS) is 21.3. The minimum atomic E-state index is -0.782. The van der Waals surface area contributed by atoms with Gasteiger partial charge in [0, 0.05) is 25.3 Å². The molecule has 80 valence electrons. The van der Waals surface area contributed by atoms with Gasteiger partial charge in [0.15, 0.2) is 0 Å². The summed E-state index contributed by atoms with van der Waals surface area (Å²) in [5.41, 5.74) is 1.09. The standard InChI is InChI=1S/C11H14N2O2/c14-11(15)10-8-13(7-6-12-10)9-4-2-1-3-5-9/h1-5,10,12H,6-8H2,(H,14,15)/t10-/m1/s1. The molecule has 1 aromatic carbocycles. The van der Waals surface area contributed by atoms with Crippen LogP contribution in [-0.2, 0) is 4.79 Å². The van der Waals surface area contributed by atoms with Crippen molar-refractivity contribution >= 4 is 11.7 Å². The smallest absolute Gasteiger partial charge is 0.322 e. The summed E-state index contributed by atoms with van der Waals surface area (Å²) >= 11 is 0. The molecule has 1 aliphatic heterocycles. The van der Waals surface area contributed by atoms with Crippen molar-refractivity contribution < 1.29 is 9.90 Å². The number of rotatable bonds is 2. The van der Waals surface area contributed by atoms with Crippen LogP contribution in [0.3, 0.4) is 0 Å². The summed E-state index contributed by atoms with van der Waals surface area (Å²) < 4.78 is 0. The predicted molar refractivity (Wildman–Crippen MR) is 58.1 cm³/mol. The summed E-state index contributed by atoms with van der Waals surface area (Å²) in [6, 6.07) is 9.44. The van der Waals surface area contributed by atoms with Crippen molar-refractivity contribution in [3.05, 3.63) is 30.3 Å². The molecular formula is C11H14N2O2. The first kappa shape index (κ1) is 9.98. The van der Waals surface area contributed by atoms with E-state index in [1.807, 2.05) is 30.3 Å². The number of carboxylic acid groups (broad SMARTS) is 1. The zero-order valence-electron chi connectivity index (χ0n) is 8.39. The van der Waals surface area contributed by atoms with Crippen LogP contribution in [0, 0.1) is 0 Å². The van der Waals surface area contributed by atoms with Crippen molar-refractivity contribution in [3.63, 3.8) is 0 Å². The summed E-state index contributed by atoms with van der Waals surface area (Å²) in [5, 5.41) is 11.9. The lowest BCUT2D eigenvalue weighted by Gasteiger charge is -2.33. The minimum Gasteiger partial charge on any atom is -0.480 e. The molecule has 0 spiro atoms. The highest BCUT2D eigenvalue weighted by Crippen LogP contribution is 2.14. The van der Waals surface area contributed by atoms with Crippen molar-refractivity contribution in [2.75, 3.05) is 24.5 Å². The van der Waals surface area contributed by atoms with E-state index in [-0.39, 0.29) is 0 Å².